The molecule has 0 aliphatic rings. The molecule has 0 aromatic carbocycles. The molecule has 5 heteroatoms. The van der Waals surface area contributed by atoms with Crippen LogP contribution in [-0.2, 0) is 15.1 Å². The zero-order valence-electron chi connectivity index (χ0n) is 15.3. The second-order valence-corrected chi connectivity index (χ2v) is 9.92. The summed E-state index contributed by atoms with van der Waals surface area (Å²) in [5.74, 6) is 0. The molecular formula is C16H36GeO4. The van der Waals surface area contributed by atoms with Crippen molar-refractivity contribution in [3.63, 3.8) is 0 Å². The van der Waals surface area contributed by atoms with E-state index in [0.717, 1.165) is 25.7 Å². The van der Waals surface area contributed by atoms with E-state index < -0.39 is 14.6 Å². The number of hydrogen-bond donors (Lipinski definition) is 0. The summed E-state index contributed by atoms with van der Waals surface area (Å²) >= 11 is -3.74. The van der Waals surface area contributed by atoms with E-state index in [0.29, 0.717) is 0 Å². The third-order valence-electron chi connectivity index (χ3n) is 3.68. The Morgan fingerprint density at radius 1 is 0.524 bits per heavy atom. The van der Waals surface area contributed by atoms with Gasteiger partial charge in [0, 0.05) is 0 Å². The molecule has 0 radical (unpaired) electrons. The summed E-state index contributed by atoms with van der Waals surface area (Å²) in [4.78, 5) is 0. The Hall–Kier alpha value is 0.383. The Balaban J connectivity index is 5.23. The first kappa shape index (κ1) is 21.4. The summed E-state index contributed by atoms with van der Waals surface area (Å²) in [5.41, 5.74) is 0. The average Bonchev–Trinajstić information content (AvgIpc) is 2.46. The molecule has 0 amide bonds. The summed E-state index contributed by atoms with van der Waals surface area (Å²) in [7, 11) is 0. The van der Waals surface area contributed by atoms with Crippen LogP contribution in [0.3, 0.4) is 0 Å². The van der Waals surface area contributed by atoms with Crippen LogP contribution >= 0.6 is 0 Å². The molecule has 0 aromatic rings. The van der Waals surface area contributed by atoms with Crippen LogP contribution in [-0.4, -0.2) is 39.0 Å². The van der Waals surface area contributed by atoms with E-state index in [9.17, 15) is 0 Å². The van der Waals surface area contributed by atoms with E-state index in [4.69, 9.17) is 15.1 Å². The summed E-state index contributed by atoms with van der Waals surface area (Å²) in [6, 6.07) is 0. The topological polar surface area (TPSA) is 36.9 Å². The molecule has 0 saturated carbocycles. The van der Waals surface area contributed by atoms with Gasteiger partial charge in [0.05, 0.1) is 0 Å². The van der Waals surface area contributed by atoms with Crippen LogP contribution in [0, 0.1) is 0 Å². The van der Waals surface area contributed by atoms with Gasteiger partial charge in [-0.05, 0) is 0 Å². The zero-order valence-corrected chi connectivity index (χ0v) is 17.4. The maximum atomic E-state index is 6.23. The third kappa shape index (κ3) is 8.55. The molecule has 0 aliphatic carbocycles. The first-order valence-electron chi connectivity index (χ1n) is 8.53. The van der Waals surface area contributed by atoms with Gasteiger partial charge in [-0.2, -0.15) is 0 Å². The first-order chi connectivity index (χ1) is 9.82. The van der Waals surface area contributed by atoms with Gasteiger partial charge >= 0.3 is 135 Å². The molecule has 0 aromatic heterocycles. The molecule has 0 saturated heterocycles. The minimum absolute atomic E-state index is 0.0853. The van der Waals surface area contributed by atoms with Gasteiger partial charge in [-0.1, -0.05) is 0 Å². The van der Waals surface area contributed by atoms with Crippen LogP contribution in [0.2, 0.25) is 0 Å². The van der Waals surface area contributed by atoms with Crippen LogP contribution in [0.1, 0.15) is 81.1 Å². The van der Waals surface area contributed by atoms with Crippen molar-refractivity contribution in [1.82, 2.24) is 0 Å². The van der Waals surface area contributed by atoms with E-state index in [1.165, 1.54) is 0 Å². The molecule has 0 aliphatic heterocycles. The normalized spacial score (nSPS) is 20.6. The van der Waals surface area contributed by atoms with E-state index in [-0.39, 0.29) is 24.4 Å². The monoisotopic (exact) mass is 366 g/mol. The van der Waals surface area contributed by atoms with Crippen LogP contribution < -0.4 is 0 Å². The molecule has 4 nitrogen and oxygen atoms in total. The number of rotatable bonds is 12. The fourth-order valence-corrected chi connectivity index (χ4v) is 7.72. The van der Waals surface area contributed by atoms with Crippen LogP contribution in [0.15, 0.2) is 0 Å². The predicted molar refractivity (Wildman–Crippen MR) is 89.1 cm³/mol. The van der Waals surface area contributed by atoms with E-state index in [1.807, 2.05) is 0 Å². The van der Waals surface area contributed by atoms with E-state index >= 15 is 0 Å². The Kier molecular flexibility index (Phi) is 11.2. The number of hydrogen-bond acceptors (Lipinski definition) is 4. The van der Waals surface area contributed by atoms with Gasteiger partial charge in [0.1, 0.15) is 0 Å². The molecule has 0 N–H and O–H groups in total. The van der Waals surface area contributed by atoms with Gasteiger partial charge in [-0.3, -0.25) is 0 Å². The zero-order chi connectivity index (χ0) is 16.5. The fraction of sp³-hybridized carbons (Fsp3) is 1.00. The standard InChI is InChI=1S/C16H36GeO4/c1-9-13(5)18-17(19-14(6)10-2,20-15(7)11-3)21-16(8)12-4/h13-16H,9-12H2,1-8H3. The molecule has 128 valence electrons. The van der Waals surface area contributed by atoms with Crippen LogP contribution in [0.4, 0.5) is 0 Å². The van der Waals surface area contributed by atoms with Crippen molar-refractivity contribution in [1.29, 1.82) is 0 Å². The Morgan fingerprint density at radius 2 is 0.714 bits per heavy atom. The quantitative estimate of drug-likeness (QED) is 0.471. The second kappa shape index (κ2) is 11.0. The van der Waals surface area contributed by atoms with Crippen LogP contribution in [0.25, 0.3) is 0 Å². The molecule has 0 fully saturated rings. The van der Waals surface area contributed by atoms with Crippen molar-refractivity contribution in [2.45, 2.75) is 105 Å². The van der Waals surface area contributed by atoms with Gasteiger partial charge in [0.2, 0.25) is 0 Å². The molecule has 0 rings (SSSR count). The van der Waals surface area contributed by atoms with Gasteiger partial charge in [-0.15, -0.1) is 0 Å². The van der Waals surface area contributed by atoms with Gasteiger partial charge in [0.15, 0.2) is 0 Å². The van der Waals surface area contributed by atoms with Crippen molar-refractivity contribution in [3.05, 3.63) is 0 Å². The SMILES string of the molecule is CCC(C)[O][Ge]([O]C(C)CC)([O]C(C)CC)[O]C(C)CC. The predicted octanol–water partition coefficient (Wildman–Crippen LogP) is 4.68. The Labute approximate surface area is 135 Å². The summed E-state index contributed by atoms with van der Waals surface area (Å²) in [5, 5.41) is 0. The summed E-state index contributed by atoms with van der Waals surface area (Å²) < 4.78 is 24.9. The van der Waals surface area contributed by atoms with Crippen molar-refractivity contribution in [2.75, 3.05) is 0 Å². The third-order valence-corrected chi connectivity index (χ3v) is 9.48. The van der Waals surface area contributed by atoms with Gasteiger partial charge in [-0.25, -0.2) is 0 Å². The molecular weight excluding hydrogens is 329 g/mol. The van der Waals surface area contributed by atoms with Gasteiger partial charge in [0.25, 0.3) is 0 Å². The van der Waals surface area contributed by atoms with Crippen molar-refractivity contribution < 1.29 is 15.1 Å². The summed E-state index contributed by atoms with van der Waals surface area (Å²) in [6.07, 6.45) is 4.03. The Bertz CT molecular complexity index is 209. The second-order valence-electron chi connectivity index (χ2n) is 5.85. The molecule has 4 unspecified atom stereocenters. The van der Waals surface area contributed by atoms with Crippen molar-refractivity contribution >= 4 is 14.6 Å². The Morgan fingerprint density at radius 3 is 0.857 bits per heavy atom. The molecule has 4 atom stereocenters. The maximum absolute atomic E-state index is 6.23. The summed E-state index contributed by atoms with van der Waals surface area (Å²) in [6.45, 7) is 16.6. The van der Waals surface area contributed by atoms with Crippen molar-refractivity contribution in [2.24, 2.45) is 0 Å². The van der Waals surface area contributed by atoms with E-state index in [2.05, 4.69) is 55.4 Å². The molecule has 21 heavy (non-hydrogen) atoms. The van der Waals surface area contributed by atoms with Gasteiger partial charge < -0.3 is 0 Å². The van der Waals surface area contributed by atoms with Crippen molar-refractivity contribution in [3.8, 4) is 0 Å². The molecule has 0 bridgehead atoms. The van der Waals surface area contributed by atoms with E-state index in [1.54, 1.807) is 0 Å². The molecule has 0 heterocycles. The molecule has 0 spiro atoms. The fourth-order valence-electron chi connectivity index (χ4n) is 1.49. The minimum atomic E-state index is -3.74. The first-order valence-corrected chi connectivity index (χ1v) is 12.0. The van der Waals surface area contributed by atoms with Crippen LogP contribution in [0.5, 0.6) is 0 Å². The average molecular weight is 365 g/mol.